The lowest BCUT2D eigenvalue weighted by atomic mass is 10.2. The fourth-order valence-corrected chi connectivity index (χ4v) is 2.20. The van der Waals surface area contributed by atoms with Gasteiger partial charge in [-0.25, -0.2) is 0 Å². The number of hydrogen-bond donors (Lipinski definition) is 3. The minimum absolute atomic E-state index is 0.0777. The lowest BCUT2D eigenvalue weighted by molar-refractivity contribution is 0.0976. The first-order chi connectivity index (χ1) is 10.4. The van der Waals surface area contributed by atoms with Crippen LogP contribution in [0.25, 0.3) is 0 Å². The van der Waals surface area contributed by atoms with Crippen LogP contribution in [0.3, 0.4) is 0 Å². The maximum absolute atomic E-state index is 12.1. The third-order valence-electron chi connectivity index (χ3n) is 2.61. The van der Waals surface area contributed by atoms with Crippen LogP contribution >= 0.6 is 28.1 Å². The molecular weight excluding hydrogens is 368 g/mol. The molecule has 0 radical (unpaired) electrons. The number of rotatable bonds is 7. The minimum atomic E-state index is -0.294. The van der Waals surface area contributed by atoms with Crippen LogP contribution in [-0.4, -0.2) is 35.9 Å². The van der Waals surface area contributed by atoms with Gasteiger partial charge in [0.05, 0.1) is 11.1 Å². The molecule has 0 aliphatic carbocycles. The van der Waals surface area contributed by atoms with E-state index in [9.17, 15) is 4.79 Å². The average Bonchev–Trinajstić information content (AvgIpc) is 2.45. The van der Waals surface area contributed by atoms with Gasteiger partial charge < -0.3 is 15.2 Å². The standard InChI is InChI=1S/C15H21BrN2O3S/c1-10(2)9-21-13-5-4-11(8-12(13)16)14(20)18-15(22)17-6-3-7-19/h4-5,8,10,19H,3,6-7,9H2,1-2H3,(H2,17,18,20,22). The molecule has 0 bridgehead atoms. The van der Waals surface area contributed by atoms with E-state index in [0.717, 1.165) is 4.47 Å². The Kier molecular flexibility index (Phi) is 8.37. The van der Waals surface area contributed by atoms with Crippen LogP contribution in [0.15, 0.2) is 22.7 Å². The molecule has 122 valence electrons. The minimum Gasteiger partial charge on any atom is -0.492 e. The third-order valence-corrected chi connectivity index (χ3v) is 3.48. The van der Waals surface area contributed by atoms with Crippen molar-refractivity contribution in [2.24, 2.45) is 5.92 Å². The summed E-state index contributed by atoms with van der Waals surface area (Å²) in [6, 6.07) is 5.14. The number of aliphatic hydroxyl groups is 1. The van der Waals surface area contributed by atoms with Crippen molar-refractivity contribution < 1.29 is 14.6 Å². The fraction of sp³-hybridized carbons (Fsp3) is 0.467. The molecule has 1 rings (SSSR count). The highest BCUT2D eigenvalue weighted by atomic mass is 79.9. The normalized spacial score (nSPS) is 10.4. The molecular formula is C15H21BrN2O3S. The monoisotopic (exact) mass is 388 g/mol. The van der Waals surface area contributed by atoms with Gasteiger partial charge in [0.25, 0.3) is 5.91 Å². The molecule has 3 N–H and O–H groups in total. The molecule has 1 aromatic carbocycles. The van der Waals surface area contributed by atoms with Crippen LogP contribution in [0.2, 0.25) is 0 Å². The molecule has 0 atom stereocenters. The van der Waals surface area contributed by atoms with Crippen molar-refractivity contribution in [2.45, 2.75) is 20.3 Å². The maximum atomic E-state index is 12.1. The molecule has 0 spiro atoms. The van der Waals surface area contributed by atoms with Gasteiger partial charge >= 0.3 is 0 Å². The molecule has 0 aliphatic rings. The summed E-state index contributed by atoms with van der Waals surface area (Å²) in [7, 11) is 0. The van der Waals surface area contributed by atoms with Crippen LogP contribution in [0.5, 0.6) is 5.75 Å². The second-order valence-electron chi connectivity index (χ2n) is 5.14. The van der Waals surface area contributed by atoms with E-state index in [0.29, 0.717) is 36.8 Å². The molecule has 0 saturated carbocycles. The zero-order valence-corrected chi connectivity index (χ0v) is 15.1. The summed E-state index contributed by atoms with van der Waals surface area (Å²) < 4.78 is 6.36. The van der Waals surface area contributed by atoms with Crippen molar-refractivity contribution in [2.75, 3.05) is 19.8 Å². The first kappa shape index (κ1) is 18.9. The first-order valence-corrected chi connectivity index (χ1v) is 8.26. The number of halogens is 1. The quantitative estimate of drug-likeness (QED) is 0.494. The van der Waals surface area contributed by atoms with Gasteiger partial charge in [0.2, 0.25) is 0 Å². The second kappa shape index (κ2) is 9.76. The fourth-order valence-electron chi connectivity index (χ4n) is 1.52. The van der Waals surface area contributed by atoms with Crippen molar-refractivity contribution in [3.8, 4) is 5.75 Å². The largest absolute Gasteiger partial charge is 0.492 e. The van der Waals surface area contributed by atoms with Crippen LogP contribution in [0.4, 0.5) is 0 Å². The maximum Gasteiger partial charge on any atom is 0.257 e. The molecule has 0 aliphatic heterocycles. The highest BCUT2D eigenvalue weighted by molar-refractivity contribution is 9.10. The predicted molar refractivity (Wildman–Crippen MR) is 94.2 cm³/mol. The van der Waals surface area contributed by atoms with Crippen LogP contribution in [-0.2, 0) is 0 Å². The molecule has 5 nitrogen and oxygen atoms in total. The van der Waals surface area contributed by atoms with Gasteiger partial charge in [0.1, 0.15) is 5.75 Å². The van der Waals surface area contributed by atoms with Gasteiger partial charge in [0.15, 0.2) is 5.11 Å². The van der Waals surface area contributed by atoms with Crippen molar-refractivity contribution in [1.29, 1.82) is 0 Å². The second-order valence-corrected chi connectivity index (χ2v) is 6.40. The van der Waals surface area contributed by atoms with E-state index in [4.69, 9.17) is 22.1 Å². The van der Waals surface area contributed by atoms with Gasteiger partial charge in [-0.1, -0.05) is 13.8 Å². The topological polar surface area (TPSA) is 70.6 Å². The van der Waals surface area contributed by atoms with Crippen LogP contribution < -0.4 is 15.4 Å². The summed E-state index contributed by atoms with van der Waals surface area (Å²) in [6.45, 7) is 5.35. The van der Waals surface area contributed by atoms with Gasteiger partial charge in [-0.3, -0.25) is 10.1 Å². The molecule has 0 aromatic heterocycles. The number of amides is 1. The number of ether oxygens (including phenoxy) is 1. The molecule has 1 aromatic rings. The number of benzene rings is 1. The molecule has 0 saturated heterocycles. The van der Waals surface area contributed by atoms with Crippen LogP contribution in [0.1, 0.15) is 30.6 Å². The molecule has 0 fully saturated rings. The predicted octanol–water partition coefficient (Wildman–Crippen LogP) is 2.47. The van der Waals surface area contributed by atoms with E-state index in [2.05, 4.69) is 40.4 Å². The Bertz CT molecular complexity index is 524. The molecule has 1 amide bonds. The Morgan fingerprint density at radius 2 is 2.18 bits per heavy atom. The van der Waals surface area contributed by atoms with E-state index in [1.807, 2.05) is 0 Å². The SMILES string of the molecule is CC(C)COc1ccc(C(=O)NC(=S)NCCCO)cc1Br. The number of carbonyl (C=O) groups excluding carboxylic acids is 1. The summed E-state index contributed by atoms with van der Waals surface area (Å²) in [5.41, 5.74) is 0.482. The Hall–Kier alpha value is -1.18. The van der Waals surface area contributed by atoms with Gasteiger partial charge in [-0.05, 0) is 58.7 Å². The number of thiocarbonyl (C=S) groups is 1. The van der Waals surface area contributed by atoms with E-state index in [-0.39, 0.29) is 17.6 Å². The molecule has 0 heterocycles. The highest BCUT2D eigenvalue weighted by Gasteiger charge is 2.11. The summed E-state index contributed by atoms with van der Waals surface area (Å²) in [6.07, 6.45) is 0.573. The number of nitrogens with one attached hydrogen (secondary N) is 2. The smallest absolute Gasteiger partial charge is 0.257 e. The summed E-state index contributed by atoms with van der Waals surface area (Å²) in [5, 5.41) is 14.4. The Morgan fingerprint density at radius 1 is 1.45 bits per heavy atom. The average molecular weight is 389 g/mol. The Balaban J connectivity index is 2.59. The Labute approximate surface area is 144 Å². The van der Waals surface area contributed by atoms with Crippen molar-refractivity contribution in [3.63, 3.8) is 0 Å². The van der Waals surface area contributed by atoms with E-state index >= 15 is 0 Å². The van der Waals surface area contributed by atoms with Crippen molar-refractivity contribution >= 4 is 39.2 Å². The van der Waals surface area contributed by atoms with E-state index < -0.39 is 0 Å². The third kappa shape index (κ3) is 6.72. The van der Waals surface area contributed by atoms with E-state index in [1.54, 1.807) is 18.2 Å². The zero-order chi connectivity index (χ0) is 16.5. The summed E-state index contributed by atoms with van der Waals surface area (Å²) in [4.78, 5) is 12.1. The number of carbonyl (C=O) groups is 1. The van der Waals surface area contributed by atoms with Gasteiger partial charge in [-0.15, -0.1) is 0 Å². The van der Waals surface area contributed by atoms with Crippen molar-refractivity contribution in [3.05, 3.63) is 28.2 Å². The molecule has 7 heteroatoms. The summed E-state index contributed by atoms with van der Waals surface area (Å²) in [5.74, 6) is 0.837. The Morgan fingerprint density at radius 3 is 2.77 bits per heavy atom. The lowest BCUT2D eigenvalue weighted by Crippen LogP contribution is -2.39. The lowest BCUT2D eigenvalue weighted by Gasteiger charge is -2.12. The van der Waals surface area contributed by atoms with E-state index in [1.165, 1.54) is 0 Å². The molecule has 0 unspecified atom stereocenters. The highest BCUT2D eigenvalue weighted by Crippen LogP contribution is 2.26. The van der Waals surface area contributed by atoms with Gasteiger partial charge in [-0.2, -0.15) is 0 Å². The summed E-state index contributed by atoms with van der Waals surface area (Å²) >= 11 is 8.41. The number of hydrogen-bond acceptors (Lipinski definition) is 4. The van der Waals surface area contributed by atoms with Gasteiger partial charge in [0, 0.05) is 18.7 Å². The number of aliphatic hydroxyl groups excluding tert-OH is 1. The van der Waals surface area contributed by atoms with Crippen molar-refractivity contribution in [1.82, 2.24) is 10.6 Å². The molecule has 22 heavy (non-hydrogen) atoms. The zero-order valence-electron chi connectivity index (χ0n) is 12.7. The first-order valence-electron chi connectivity index (χ1n) is 7.06. The van der Waals surface area contributed by atoms with Crippen LogP contribution in [0, 0.1) is 5.92 Å².